The zero-order valence-corrected chi connectivity index (χ0v) is 13.2. The van der Waals surface area contributed by atoms with E-state index < -0.39 is 0 Å². The van der Waals surface area contributed by atoms with E-state index in [1.54, 1.807) is 0 Å². The molecule has 0 amide bonds. The fraction of sp³-hybridized carbons (Fsp3) is 0.500. The molecule has 0 aliphatic carbocycles. The number of aromatic nitrogens is 2. The van der Waals surface area contributed by atoms with Crippen molar-refractivity contribution in [1.29, 1.82) is 0 Å². The maximum Gasteiger partial charge on any atom is 0.249 e. The van der Waals surface area contributed by atoms with Crippen LogP contribution in [0.1, 0.15) is 26.2 Å². The summed E-state index contributed by atoms with van der Waals surface area (Å²) in [6.07, 6.45) is 1.30. The molecule has 0 saturated carbocycles. The number of benzene rings is 1. The van der Waals surface area contributed by atoms with Crippen molar-refractivity contribution in [2.75, 3.05) is 13.1 Å². The molecule has 0 bridgehead atoms. The van der Waals surface area contributed by atoms with Gasteiger partial charge in [-0.15, -0.1) is 10.2 Å². The Morgan fingerprint density at radius 1 is 1.19 bits per heavy atom. The molecule has 21 heavy (non-hydrogen) atoms. The molecule has 5 heteroatoms. The van der Waals surface area contributed by atoms with E-state index in [0.717, 1.165) is 30.5 Å². The molecule has 4 nitrogen and oxygen atoms in total. The van der Waals surface area contributed by atoms with E-state index in [1.807, 2.05) is 24.3 Å². The Morgan fingerprint density at radius 3 is 2.62 bits per heavy atom. The first-order chi connectivity index (χ1) is 10.1. The minimum atomic E-state index is 0.494. The van der Waals surface area contributed by atoms with E-state index in [-0.39, 0.29) is 0 Å². The molecule has 2 atom stereocenters. The van der Waals surface area contributed by atoms with Gasteiger partial charge in [-0.2, -0.15) is 0 Å². The Morgan fingerprint density at radius 2 is 1.90 bits per heavy atom. The first kappa shape index (κ1) is 14.5. The lowest BCUT2D eigenvalue weighted by molar-refractivity contribution is 0.124. The molecule has 1 aliphatic rings. The Hall–Kier alpha value is -1.39. The highest BCUT2D eigenvalue weighted by molar-refractivity contribution is 6.33. The number of halogens is 1. The van der Waals surface area contributed by atoms with Gasteiger partial charge in [0.05, 0.1) is 17.1 Å². The van der Waals surface area contributed by atoms with Crippen molar-refractivity contribution in [3.63, 3.8) is 0 Å². The molecule has 1 fully saturated rings. The number of nitrogens with zero attached hydrogens (tertiary/aromatic N) is 3. The average molecular weight is 306 g/mol. The predicted molar refractivity (Wildman–Crippen MR) is 83.0 cm³/mol. The second kappa shape index (κ2) is 6.16. The molecule has 1 saturated heterocycles. The number of hydrogen-bond donors (Lipinski definition) is 0. The molecule has 1 aromatic carbocycles. The molecule has 2 heterocycles. The van der Waals surface area contributed by atoms with E-state index in [9.17, 15) is 0 Å². The largest absolute Gasteiger partial charge is 0.419 e. The Kier molecular flexibility index (Phi) is 4.27. The van der Waals surface area contributed by atoms with Gasteiger partial charge in [0, 0.05) is 13.1 Å². The minimum Gasteiger partial charge on any atom is -0.419 e. The summed E-state index contributed by atoms with van der Waals surface area (Å²) < 4.78 is 5.78. The van der Waals surface area contributed by atoms with E-state index in [0.29, 0.717) is 23.3 Å². The Balaban J connectivity index is 1.72. The number of hydrogen-bond acceptors (Lipinski definition) is 4. The van der Waals surface area contributed by atoms with Gasteiger partial charge in [-0.1, -0.05) is 37.6 Å². The van der Waals surface area contributed by atoms with Crippen molar-refractivity contribution >= 4 is 11.6 Å². The second-order valence-electron chi connectivity index (χ2n) is 6.12. The summed E-state index contributed by atoms with van der Waals surface area (Å²) in [4.78, 5) is 2.39. The fourth-order valence-electron chi connectivity index (χ4n) is 3.17. The molecule has 0 N–H and O–H groups in total. The summed E-state index contributed by atoms with van der Waals surface area (Å²) >= 11 is 6.16. The first-order valence-corrected chi connectivity index (χ1v) is 7.79. The quantitative estimate of drug-likeness (QED) is 0.863. The molecule has 0 unspecified atom stereocenters. The highest BCUT2D eigenvalue weighted by atomic mass is 35.5. The molecule has 0 radical (unpaired) electrons. The van der Waals surface area contributed by atoms with Gasteiger partial charge in [0.25, 0.3) is 0 Å². The van der Waals surface area contributed by atoms with Crippen molar-refractivity contribution < 1.29 is 4.42 Å². The lowest BCUT2D eigenvalue weighted by atomic mass is 9.92. The highest BCUT2D eigenvalue weighted by Crippen LogP contribution is 2.27. The molecule has 1 aliphatic heterocycles. The van der Waals surface area contributed by atoms with Crippen molar-refractivity contribution in [3.05, 3.63) is 35.2 Å². The third kappa shape index (κ3) is 3.44. The molecule has 1 aromatic heterocycles. The monoisotopic (exact) mass is 305 g/mol. The fourth-order valence-corrected chi connectivity index (χ4v) is 3.39. The van der Waals surface area contributed by atoms with E-state index in [2.05, 4.69) is 28.9 Å². The molecular formula is C16H20ClN3O. The van der Waals surface area contributed by atoms with Crippen LogP contribution in [0.5, 0.6) is 0 Å². The van der Waals surface area contributed by atoms with Gasteiger partial charge in [0.1, 0.15) is 0 Å². The first-order valence-electron chi connectivity index (χ1n) is 7.41. The lowest BCUT2D eigenvalue weighted by Crippen LogP contribution is -2.38. The van der Waals surface area contributed by atoms with Crippen LogP contribution in [0.3, 0.4) is 0 Å². The van der Waals surface area contributed by atoms with Crippen LogP contribution in [-0.2, 0) is 6.54 Å². The third-order valence-corrected chi connectivity index (χ3v) is 4.20. The van der Waals surface area contributed by atoms with Crippen molar-refractivity contribution in [3.8, 4) is 11.5 Å². The zero-order chi connectivity index (χ0) is 14.8. The van der Waals surface area contributed by atoms with Crippen molar-refractivity contribution in [2.45, 2.75) is 26.8 Å². The number of likely N-dealkylation sites (tertiary alicyclic amines) is 1. The summed E-state index contributed by atoms with van der Waals surface area (Å²) in [5.41, 5.74) is 0.790. The van der Waals surface area contributed by atoms with Gasteiger partial charge in [0.2, 0.25) is 11.8 Å². The van der Waals surface area contributed by atoms with Crippen LogP contribution in [0.25, 0.3) is 11.5 Å². The van der Waals surface area contributed by atoms with E-state index in [4.69, 9.17) is 16.0 Å². The molecular weight excluding hydrogens is 286 g/mol. The van der Waals surface area contributed by atoms with Crippen LogP contribution < -0.4 is 0 Å². The normalized spacial score (nSPS) is 23.4. The topological polar surface area (TPSA) is 42.2 Å². The third-order valence-electron chi connectivity index (χ3n) is 3.87. The molecule has 3 rings (SSSR count). The van der Waals surface area contributed by atoms with Crippen molar-refractivity contribution in [2.24, 2.45) is 11.8 Å². The zero-order valence-electron chi connectivity index (χ0n) is 12.4. The number of piperidine rings is 1. The minimum absolute atomic E-state index is 0.494. The summed E-state index contributed by atoms with van der Waals surface area (Å²) in [6, 6.07) is 7.53. The van der Waals surface area contributed by atoms with Crippen LogP contribution in [-0.4, -0.2) is 28.2 Å². The second-order valence-corrected chi connectivity index (χ2v) is 6.53. The molecule has 2 aromatic rings. The van der Waals surface area contributed by atoms with Crippen LogP contribution in [0.4, 0.5) is 0 Å². The van der Waals surface area contributed by atoms with Gasteiger partial charge >= 0.3 is 0 Å². The Bertz CT molecular complexity index is 603. The summed E-state index contributed by atoms with van der Waals surface area (Å²) in [7, 11) is 0. The summed E-state index contributed by atoms with van der Waals surface area (Å²) in [5.74, 6) is 2.60. The maximum absolute atomic E-state index is 6.16. The molecule has 0 spiro atoms. The number of rotatable bonds is 3. The van der Waals surface area contributed by atoms with Crippen molar-refractivity contribution in [1.82, 2.24) is 15.1 Å². The summed E-state index contributed by atoms with van der Waals surface area (Å²) in [6.45, 7) is 7.49. The SMILES string of the molecule is C[C@@H]1C[C@@H](C)CN(Cc2nnc(-c3ccccc3Cl)o2)C1. The van der Waals surface area contributed by atoms with Crippen LogP contribution in [0.15, 0.2) is 28.7 Å². The van der Waals surface area contributed by atoms with Gasteiger partial charge < -0.3 is 4.42 Å². The van der Waals surface area contributed by atoms with E-state index in [1.165, 1.54) is 6.42 Å². The van der Waals surface area contributed by atoms with Crippen LogP contribution in [0, 0.1) is 11.8 Å². The van der Waals surface area contributed by atoms with Gasteiger partial charge in [0.15, 0.2) is 0 Å². The highest BCUT2D eigenvalue weighted by Gasteiger charge is 2.23. The van der Waals surface area contributed by atoms with Gasteiger partial charge in [-0.3, -0.25) is 4.90 Å². The maximum atomic E-state index is 6.16. The lowest BCUT2D eigenvalue weighted by Gasteiger charge is -2.33. The average Bonchev–Trinajstić information content (AvgIpc) is 2.86. The van der Waals surface area contributed by atoms with E-state index >= 15 is 0 Å². The van der Waals surface area contributed by atoms with Crippen LogP contribution in [0.2, 0.25) is 5.02 Å². The van der Waals surface area contributed by atoms with Gasteiger partial charge in [-0.05, 0) is 30.4 Å². The predicted octanol–water partition coefficient (Wildman–Crippen LogP) is 3.87. The molecule has 112 valence electrons. The Labute approximate surface area is 130 Å². The van der Waals surface area contributed by atoms with Crippen LogP contribution >= 0.6 is 11.6 Å². The standard InChI is InChI=1S/C16H20ClN3O/c1-11-7-12(2)9-20(8-11)10-15-18-19-16(21-15)13-5-3-4-6-14(13)17/h3-6,11-12H,7-10H2,1-2H3/t11-,12-/m1/s1. The summed E-state index contributed by atoms with van der Waals surface area (Å²) in [5, 5.41) is 8.92. The van der Waals surface area contributed by atoms with Gasteiger partial charge in [-0.25, -0.2) is 0 Å². The smallest absolute Gasteiger partial charge is 0.249 e.